The van der Waals surface area contributed by atoms with Crippen molar-refractivity contribution in [3.63, 3.8) is 0 Å². The van der Waals surface area contributed by atoms with Crippen molar-refractivity contribution in [1.82, 2.24) is 0 Å². The summed E-state index contributed by atoms with van der Waals surface area (Å²) in [5.74, 6) is -0.887. The summed E-state index contributed by atoms with van der Waals surface area (Å²) in [4.78, 5) is 10.6. The van der Waals surface area contributed by atoms with Crippen LogP contribution in [0.25, 0.3) is 0 Å². The summed E-state index contributed by atoms with van der Waals surface area (Å²) in [5, 5.41) is -0.310. The van der Waals surface area contributed by atoms with Gasteiger partial charge in [0, 0.05) is 0 Å². The first-order chi connectivity index (χ1) is 8.57. The van der Waals surface area contributed by atoms with E-state index in [-0.39, 0.29) is 11.3 Å². The highest BCUT2D eigenvalue weighted by Gasteiger charge is 2.59. The molecule has 0 heterocycles. The number of hydrogen-bond donors (Lipinski definition) is 0. The third kappa shape index (κ3) is 3.76. The summed E-state index contributed by atoms with van der Waals surface area (Å²) >= 11 is 5.47. The molecular formula is C10H5ClF6O2. The van der Waals surface area contributed by atoms with Crippen LogP contribution < -0.4 is 4.74 Å². The van der Waals surface area contributed by atoms with Crippen LogP contribution in [-0.2, 0) is 0 Å². The van der Waals surface area contributed by atoms with Crippen molar-refractivity contribution < 1.29 is 35.9 Å². The van der Waals surface area contributed by atoms with Crippen LogP contribution in [0.15, 0.2) is 18.2 Å². The first-order valence-electron chi connectivity index (χ1n) is 4.61. The molecular weight excluding hydrogens is 302 g/mol. The summed E-state index contributed by atoms with van der Waals surface area (Å²) in [5.41, 5.74) is -0.581. The molecule has 0 fully saturated rings. The normalized spacial score (nSPS) is 12.6. The van der Waals surface area contributed by atoms with Crippen LogP contribution in [0.3, 0.4) is 0 Å². The predicted octanol–water partition coefficient (Wildman–Crippen LogP) is 4.02. The average molecular weight is 307 g/mol. The van der Waals surface area contributed by atoms with Crippen molar-refractivity contribution in [3.05, 3.63) is 28.8 Å². The van der Waals surface area contributed by atoms with Gasteiger partial charge in [-0.3, -0.25) is 4.79 Å². The minimum absolute atomic E-state index is 0.0154. The molecule has 0 N–H and O–H groups in total. The number of halogens is 7. The summed E-state index contributed by atoms with van der Waals surface area (Å²) < 4.78 is 77.5. The summed E-state index contributed by atoms with van der Waals surface area (Å²) in [6.07, 6.45) is -15.3. The number of alkyl halides is 6. The largest absolute Gasteiger partial charge is 0.471 e. The van der Waals surface area contributed by atoms with E-state index in [1.165, 1.54) is 0 Å². The number of ether oxygens (including phenoxy) is 1. The molecule has 0 spiro atoms. The molecule has 0 radical (unpaired) electrons. The minimum Gasteiger partial charge on any atom is -0.471 e. The Balaban J connectivity index is 3.18. The van der Waals surface area contributed by atoms with E-state index in [2.05, 4.69) is 4.74 Å². The monoisotopic (exact) mass is 306 g/mol. The molecule has 0 aliphatic heterocycles. The maximum absolute atomic E-state index is 12.3. The fourth-order valence-corrected chi connectivity index (χ4v) is 1.39. The highest BCUT2D eigenvalue weighted by Crippen LogP contribution is 2.37. The van der Waals surface area contributed by atoms with Crippen molar-refractivity contribution in [3.8, 4) is 5.75 Å². The maximum Gasteiger partial charge on any atom is 0.434 e. The quantitative estimate of drug-likeness (QED) is 0.622. The zero-order chi connectivity index (χ0) is 14.8. The van der Waals surface area contributed by atoms with E-state index in [4.69, 9.17) is 11.6 Å². The van der Waals surface area contributed by atoms with Crippen LogP contribution in [0.4, 0.5) is 26.3 Å². The third-order valence-electron chi connectivity index (χ3n) is 1.97. The van der Waals surface area contributed by atoms with Gasteiger partial charge in [0.05, 0.1) is 10.6 Å². The lowest BCUT2D eigenvalue weighted by molar-refractivity contribution is -0.299. The molecule has 2 nitrogen and oxygen atoms in total. The van der Waals surface area contributed by atoms with E-state index in [0.29, 0.717) is 0 Å². The number of benzene rings is 1. The van der Waals surface area contributed by atoms with Gasteiger partial charge in [0.15, 0.2) is 6.29 Å². The van der Waals surface area contributed by atoms with Gasteiger partial charge in [0.1, 0.15) is 5.75 Å². The van der Waals surface area contributed by atoms with Gasteiger partial charge in [0.25, 0.3) is 6.10 Å². The van der Waals surface area contributed by atoms with Gasteiger partial charge in [-0.15, -0.1) is 0 Å². The van der Waals surface area contributed by atoms with E-state index >= 15 is 0 Å². The highest BCUT2D eigenvalue weighted by atomic mass is 35.5. The van der Waals surface area contributed by atoms with Crippen LogP contribution in [0.2, 0.25) is 5.02 Å². The Kier molecular flexibility index (Phi) is 4.34. The van der Waals surface area contributed by atoms with Crippen LogP contribution in [-0.4, -0.2) is 24.7 Å². The molecule has 0 unspecified atom stereocenters. The van der Waals surface area contributed by atoms with Gasteiger partial charge in [-0.05, 0) is 12.1 Å². The Hall–Kier alpha value is -1.44. The molecule has 1 aromatic rings. The lowest BCUT2D eigenvalue weighted by atomic mass is 10.2. The summed E-state index contributed by atoms with van der Waals surface area (Å²) in [6, 6.07) is 2.99. The Bertz CT molecular complexity index is 454. The van der Waals surface area contributed by atoms with Crippen LogP contribution in [0, 0.1) is 0 Å². The zero-order valence-corrected chi connectivity index (χ0v) is 9.60. The smallest absolute Gasteiger partial charge is 0.434 e. The van der Waals surface area contributed by atoms with Crippen molar-refractivity contribution in [2.24, 2.45) is 0 Å². The molecule has 0 atom stereocenters. The molecule has 0 saturated heterocycles. The second kappa shape index (κ2) is 5.28. The lowest BCUT2D eigenvalue weighted by Crippen LogP contribution is -2.46. The van der Waals surface area contributed by atoms with E-state index in [0.717, 1.165) is 18.2 Å². The number of aldehydes is 1. The SMILES string of the molecule is O=Cc1c(Cl)cccc1OC(C(F)(F)F)C(F)(F)F. The van der Waals surface area contributed by atoms with Gasteiger partial charge in [-0.2, -0.15) is 26.3 Å². The zero-order valence-electron chi connectivity index (χ0n) is 8.85. The Morgan fingerprint density at radius 1 is 1.11 bits per heavy atom. The number of rotatable bonds is 3. The average Bonchev–Trinajstić information content (AvgIpc) is 2.22. The lowest BCUT2D eigenvalue weighted by Gasteiger charge is -2.24. The summed E-state index contributed by atoms with van der Waals surface area (Å²) in [7, 11) is 0. The second-order valence-corrected chi connectivity index (χ2v) is 3.76. The molecule has 19 heavy (non-hydrogen) atoms. The van der Waals surface area contributed by atoms with Gasteiger partial charge in [-0.25, -0.2) is 0 Å². The standard InChI is InChI=1S/C10H5ClF6O2/c11-6-2-1-3-7(5(6)4-18)19-8(9(12,13)14)10(15,16)17/h1-4,8H. The van der Waals surface area contributed by atoms with E-state index < -0.39 is 29.8 Å². The van der Waals surface area contributed by atoms with Gasteiger partial charge >= 0.3 is 12.4 Å². The third-order valence-corrected chi connectivity index (χ3v) is 2.30. The molecule has 0 aliphatic rings. The minimum atomic E-state index is -5.67. The van der Waals surface area contributed by atoms with Gasteiger partial charge in [0.2, 0.25) is 0 Å². The van der Waals surface area contributed by atoms with Gasteiger partial charge < -0.3 is 4.74 Å². The molecule has 0 aliphatic carbocycles. The second-order valence-electron chi connectivity index (χ2n) is 3.35. The highest BCUT2D eigenvalue weighted by molar-refractivity contribution is 6.33. The number of carbonyl (C=O) groups is 1. The Morgan fingerprint density at radius 3 is 2.05 bits per heavy atom. The van der Waals surface area contributed by atoms with E-state index in [1.807, 2.05) is 0 Å². The number of carbonyl (C=O) groups excluding carboxylic acids is 1. The van der Waals surface area contributed by atoms with Crippen molar-refractivity contribution >= 4 is 17.9 Å². The topological polar surface area (TPSA) is 26.3 Å². The van der Waals surface area contributed by atoms with Gasteiger partial charge in [-0.1, -0.05) is 17.7 Å². The van der Waals surface area contributed by atoms with Crippen molar-refractivity contribution in [2.45, 2.75) is 18.5 Å². The fourth-order valence-electron chi connectivity index (χ4n) is 1.18. The first-order valence-corrected chi connectivity index (χ1v) is 4.99. The molecule has 106 valence electrons. The molecule has 0 aromatic heterocycles. The van der Waals surface area contributed by atoms with E-state index in [1.54, 1.807) is 0 Å². The predicted molar refractivity (Wildman–Crippen MR) is 53.4 cm³/mol. The van der Waals surface area contributed by atoms with Crippen LogP contribution in [0.5, 0.6) is 5.75 Å². The molecule has 0 bridgehead atoms. The summed E-state index contributed by atoms with van der Waals surface area (Å²) in [6.45, 7) is 0. The van der Waals surface area contributed by atoms with Crippen molar-refractivity contribution in [1.29, 1.82) is 0 Å². The molecule has 0 saturated carbocycles. The Labute approximate surface area is 107 Å². The molecule has 9 heteroatoms. The molecule has 0 amide bonds. The Morgan fingerprint density at radius 2 is 1.63 bits per heavy atom. The number of hydrogen-bond acceptors (Lipinski definition) is 2. The first kappa shape index (κ1) is 15.6. The van der Waals surface area contributed by atoms with Crippen LogP contribution >= 0.6 is 11.6 Å². The van der Waals surface area contributed by atoms with E-state index in [9.17, 15) is 31.1 Å². The van der Waals surface area contributed by atoms with Crippen LogP contribution in [0.1, 0.15) is 10.4 Å². The molecule has 1 aromatic carbocycles. The van der Waals surface area contributed by atoms with Crippen molar-refractivity contribution in [2.75, 3.05) is 0 Å². The fraction of sp³-hybridized carbons (Fsp3) is 0.300. The maximum atomic E-state index is 12.3. The molecule has 1 rings (SSSR count).